The smallest absolute Gasteiger partial charge is 0.259 e. The molecule has 118 valence electrons. The Labute approximate surface area is 128 Å². The van der Waals surface area contributed by atoms with E-state index in [1.807, 2.05) is 0 Å². The number of methoxy groups -OCH3 is 1. The molecule has 3 rings (SSSR count). The molecule has 0 bridgehead atoms. The first-order valence-corrected chi connectivity index (χ1v) is 7.38. The zero-order chi connectivity index (χ0) is 15.5. The fourth-order valence-corrected chi connectivity index (χ4v) is 2.97. The number of hydrogen-bond acceptors (Lipinski definition) is 5. The van der Waals surface area contributed by atoms with Gasteiger partial charge in [-0.2, -0.15) is 0 Å². The summed E-state index contributed by atoms with van der Waals surface area (Å²) in [4.78, 5) is 30.4. The van der Waals surface area contributed by atoms with E-state index < -0.39 is 0 Å². The van der Waals surface area contributed by atoms with Crippen LogP contribution in [-0.4, -0.2) is 61.2 Å². The summed E-state index contributed by atoms with van der Waals surface area (Å²) in [6.45, 7) is 1.94. The number of ether oxygens (including phenoxy) is 2. The normalized spacial score (nSPS) is 25.0. The summed E-state index contributed by atoms with van der Waals surface area (Å²) < 4.78 is 10.9. The van der Waals surface area contributed by atoms with Crippen molar-refractivity contribution in [1.82, 2.24) is 15.2 Å². The monoisotopic (exact) mass is 305 g/mol. The lowest BCUT2D eigenvalue weighted by Crippen LogP contribution is -2.50. The number of rotatable bonds is 2. The standard InChI is InChI=1S/C15H19N3O4/c1-21-14-11(3-2-5-17-14)15(20)18-7-4-10-12(9-18)22-8-6-16-13(10)19/h2-3,5,10,12H,4,6-9H2,1H3,(H,16,19)/t10-,12+/m1/s1. The SMILES string of the molecule is COc1ncccc1C(=O)N1CC[C@H]2C(=O)NCCO[C@H]2C1. The van der Waals surface area contributed by atoms with Crippen molar-refractivity contribution in [1.29, 1.82) is 0 Å². The highest BCUT2D eigenvalue weighted by molar-refractivity contribution is 5.96. The average molecular weight is 305 g/mol. The number of hydrogen-bond donors (Lipinski definition) is 1. The molecule has 0 aromatic carbocycles. The maximum absolute atomic E-state index is 12.7. The predicted molar refractivity (Wildman–Crippen MR) is 77.5 cm³/mol. The zero-order valence-electron chi connectivity index (χ0n) is 12.4. The van der Waals surface area contributed by atoms with Gasteiger partial charge in [0.05, 0.1) is 25.7 Å². The summed E-state index contributed by atoms with van der Waals surface area (Å²) in [5.41, 5.74) is 0.432. The third-order valence-corrected chi connectivity index (χ3v) is 4.11. The molecular formula is C15H19N3O4. The van der Waals surface area contributed by atoms with E-state index in [4.69, 9.17) is 9.47 Å². The van der Waals surface area contributed by atoms with Gasteiger partial charge in [0.2, 0.25) is 11.8 Å². The molecule has 2 fully saturated rings. The average Bonchev–Trinajstić information content (AvgIpc) is 2.75. The van der Waals surface area contributed by atoms with Crippen molar-refractivity contribution in [2.45, 2.75) is 12.5 Å². The molecule has 0 radical (unpaired) electrons. The lowest BCUT2D eigenvalue weighted by molar-refractivity contribution is -0.129. The van der Waals surface area contributed by atoms with Gasteiger partial charge in [-0.1, -0.05) is 0 Å². The van der Waals surface area contributed by atoms with Gasteiger partial charge in [-0.25, -0.2) is 4.98 Å². The number of nitrogens with one attached hydrogen (secondary N) is 1. The van der Waals surface area contributed by atoms with Gasteiger partial charge < -0.3 is 19.7 Å². The molecule has 0 aliphatic carbocycles. The molecule has 1 N–H and O–H groups in total. The van der Waals surface area contributed by atoms with Crippen LogP contribution in [0.3, 0.4) is 0 Å². The van der Waals surface area contributed by atoms with Crippen LogP contribution in [0.4, 0.5) is 0 Å². The van der Waals surface area contributed by atoms with Gasteiger partial charge in [0.1, 0.15) is 5.56 Å². The van der Waals surface area contributed by atoms with E-state index >= 15 is 0 Å². The minimum absolute atomic E-state index is 0.0218. The predicted octanol–water partition coefficient (Wildman–Crippen LogP) is 0.0673. The molecule has 7 heteroatoms. The van der Waals surface area contributed by atoms with Crippen LogP contribution in [0.5, 0.6) is 5.88 Å². The highest BCUT2D eigenvalue weighted by Gasteiger charge is 2.38. The Kier molecular flexibility index (Phi) is 4.24. The number of piperidine rings is 1. The van der Waals surface area contributed by atoms with Crippen LogP contribution < -0.4 is 10.1 Å². The van der Waals surface area contributed by atoms with E-state index in [1.54, 1.807) is 23.2 Å². The topological polar surface area (TPSA) is 80.8 Å². The Bertz CT molecular complexity index is 578. The second-order valence-corrected chi connectivity index (χ2v) is 5.41. The number of aromatic nitrogens is 1. The molecule has 2 aliphatic heterocycles. The van der Waals surface area contributed by atoms with Crippen molar-refractivity contribution in [2.24, 2.45) is 5.92 Å². The maximum atomic E-state index is 12.7. The molecule has 1 aromatic rings. The van der Waals surface area contributed by atoms with E-state index in [1.165, 1.54) is 7.11 Å². The van der Waals surface area contributed by atoms with Gasteiger partial charge >= 0.3 is 0 Å². The van der Waals surface area contributed by atoms with Crippen molar-refractivity contribution < 1.29 is 19.1 Å². The van der Waals surface area contributed by atoms with E-state index in [-0.39, 0.29) is 23.8 Å². The number of pyridine rings is 1. The van der Waals surface area contributed by atoms with Gasteiger partial charge in [-0.3, -0.25) is 9.59 Å². The molecule has 1 aromatic heterocycles. The Morgan fingerprint density at radius 2 is 2.41 bits per heavy atom. The lowest BCUT2D eigenvalue weighted by Gasteiger charge is -2.36. The van der Waals surface area contributed by atoms with Crippen LogP contribution in [0, 0.1) is 5.92 Å². The zero-order valence-corrected chi connectivity index (χ0v) is 12.4. The van der Waals surface area contributed by atoms with Crippen molar-refractivity contribution in [2.75, 3.05) is 33.4 Å². The number of nitrogens with zero attached hydrogens (tertiary/aromatic N) is 2. The van der Waals surface area contributed by atoms with Gasteiger partial charge in [0.25, 0.3) is 5.91 Å². The summed E-state index contributed by atoms with van der Waals surface area (Å²) in [6.07, 6.45) is 1.94. The highest BCUT2D eigenvalue weighted by atomic mass is 16.5. The Balaban J connectivity index is 1.76. The first-order chi connectivity index (χ1) is 10.7. The van der Waals surface area contributed by atoms with Crippen molar-refractivity contribution >= 4 is 11.8 Å². The first-order valence-electron chi connectivity index (χ1n) is 7.38. The fourth-order valence-electron chi connectivity index (χ4n) is 2.97. The lowest BCUT2D eigenvalue weighted by atomic mass is 9.92. The molecule has 0 unspecified atom stereocenters. The third kappa shape index (κ3) is 2.76. The molecule has 2 atom stereocenters. The van der Waals surface area contributed by atoms with Crippen LogP contribution in [0.25, 0.3) is 0 Å². The highest BCUT2D eigenvalue weighted by Crippen LogP contribution is 2.25. The molecule has 7 nitrogen and oxygen atoms in total. The fraction of sp³-hybridized carbons (Fsp3) is 0.533. The number of fused-ring (bicyclic) bond motifs is 1. The summed E-state index contributed by atoms with van der Waals surface area (Å²) in [6, 6.07) is 3.40. The summed E-state index contributed by atoms with van der Waals surface area (Å²) in [5, 5.41) is 2.84. The molecular weight excluding hydrogens is 286 g/mol. The number of likely N-dealkylation sites (tertiary alicyclic amines) is 1. The minimum Gasteiger partial charge on any atom is -0.480 e. The molecule has 0 spiro atoms. The molecule has 0 saturated carbocycles. The number of carbonyl (C=O) groups is 2. The Morgan fingerprint density at radius 3 is 3.23 bits per heavy atom. The van der Waals surface area contributed by atoms with Gasteiger partial charge in [-0.15, -0.1) is 0 Å². The van der Waals surface area contributed by atoms with Crippen molar-refractivity contribution in [3.63, 3.8) is 0 Å². The Morgan fingerprint density at radius 1 is 1.55 bits per heavy atom. The second-order valence-electron chi connectivity index (χ2n) is 5.41. The second kappa shape index (κ2) is 6.31. The summed E-state index contributed by atoms with van der Waals surface area (Å²) in [7, 11) is 1.49. The van der Waals surface area contributed by atoms with E-state index in [0.717, 1.165) is 0 Å². The van der Waals surface area contributed by atoms with Gasteiger partial charge in [-0.05, 0) is 18.6 Å². The van der Waals surface area contributed by atoms with E-state index in [9.17, 15) is 9.59 Å². The minimum atomic E-state index is -0.247. The number of amides is 2. The van der Waals surface area contributed by atoms with Crippen LogP contribution in [-0.2, 0) is 9.53 Å². The largest absolute Gasteiger partial charge is 0.480 e. The Hall–Kier alpha value is -2.15. The summed E-state index contributed by atoms with van der Waals surface area (Å²) in [5.74, 6) is 0.0155. The quantitative estimate of drug-likeness (QED) is 0.836. The van der Waals surface area contributed by atoms with Gasteiger partial charge in [0, 0.05) is 25.8 Å². The van der Waals surface area contributed by atoms with Crippen LogP contribution in [0.2, 0.25) is 0 Å². The number of carbonyl (C=O) groups excluding carboxylic acids is 2. The third-order valence-electron chi connectivity index (χ3n) is 4.11. The maximum Gasteiger partial charge on any atom is 0.259 e. The molecule has 3 heterocycles. The van der Waals surface area contributed by atoms with Crippen LogP contribution >= 0.6 is 0 Å². The van der Waals surface area contributed by atoms with Gasteiger partial charge in [0.15, 0.2) is 0 Å². The van der Waals surface area contributed by atoms with E-state index in [0.29, 0.717) is 44.1 Å². The van der Waals surface area contributed by atoms with Crippen molar-refractivity contribution in [3.05, 3.63) is 23.9 Å². The first kappa shape index (κ1) is 14.8. The van der Waals surface area contributed by atoms with E-state index in [2.05, 4.69) is 10.3 Å². The molecule has 22 heavy (non-hydrogen) atoms. The molecule has 2 amide bonds. The summed E-state index contributed by atoms with van der Waals surface area (Å²) >= 11 is 0. The van der Waals surface area contributed by atoms with Crippen molar-refractivity contribution in [3.8, 4) is 5.88 Å². The van der Waals surface area contributed by atoms with Crippen LogP contribution in [0.15, 0.2) is 18.3 Å². The van der Waals surface area contributed by atoms with Crippen LogP contribution in [0.1, 0.15) is 16.8 Å². The molecule has 2 aliphatic rings. The molecule has 2 saturated heterocycles.